The number of aliphatic carboxylic acids is 1. The zero-order valence-corrected chi connectivity index (χ0v) is 13.0. The molecule has 1 N–H and O–H groups in total. The van der Waals surface area contributed by atoms with Crippen LogP contribution in [0.4, 0.5) is 0 Å². The van der Waals surface area contributed by atoms with Crippen molar-refractivity contribution in [2.24, 2.45) is 0 Å². The molecule has 1 aromatic carbocycles. The fraction of sp³-hybridized carbons (Fsp3) is 0.533. The Morgan fingerprint density at radius 1 is 1.48 bits per heavy atom. The predicted molar refractivity (Wildman–Crippen MR) is 80.4 cm³/mol. The summed E-state index contributed by atoms with van der Waals surface area (Å²) in [6.07, 6.45) is 1.56. The van der Waals surface area contributed by atoms with Crippen LogP contribution in [0.2, 0.25) is 0 Å². The van der Waals surface area contributed by atoms with E-state index in [0.29, 0.717) is 24.5 Å². The van der Waals surface area contributed by atoms with Gasteiger partial charge in [-0.2, -0.15) is 0 Å². The number of alkyl halides is 1. The molecule has 0 aliphatic carbocycles. The van der Waals surface area contributed by atoms with Gasteiger partial charge in [-0.05, 0) is 37.6 Å². The van der Waals surface area contributed by atoms with Crippen LogP contribution in [0.15, 0.2) is 18.2 Å². The van der Waals surface area contributed by atoms with Gasteiger partial charge in [-0.15, -0.1) is 11.6 Å². The van der Waals surface area contributed by atoms with Crippen molar-refractivity contribution in [2.75, 3.05) is 27.3 Å². The fourth-order valence-corrected chi connectivity index (χ4v) is 3.06. The Labute approximate surface area is 129 Å². The summed E-state index contributed by atoms with van der Waals surface area (Å²) in [6.45, 7) is 1.23. The molecule has 0 spiro atoms. The Hall–Kier alpha value is -1.46. The summed E-state index contributed by atoms with van der Waals surface area (Å²) in [5, 5.41) is 8.87. The van der Waals surface area contributed by atoms with Crippen molar-refractivity contribution in [1.82, 2.24) is 4.90 Å². The molecule has 0 bridgehead atoms. The molecule has 0 radical (unpaired) electrons. The maximum absolute atomic E-state index is 11.2. The molecule has 1 heterocycles. The molecule has 1 saturated heterocycles. The van der Waals surface area contributed by atoms with Gasteiger partial charge in [-0.1, -0.05) is 0 Å². The van der Waals surface area contributed by atoms with Crippen LogP contribution in [-0.2, 0) is 4.79 Å². The Kier molecular flexibility index (Phi) is 5.31. The number of hydrogen-bond donors (Lipinski definition) is 1. The lowest BCUT2D eigenvalue weighted by Gasteiger charge is -2.24. The van der Waals surface area contributed by atoms with Gasteiger partial charge >= 0.3 is 5.97 Å². The summed E-state index contributed by atoms with van der Waals surface area (Å²) in [4.78, 5) is 13.1. The average Bonchev–Trinajstić information content (AvgIpc) is 2.94. The van der Waals surface area contributed by atoms with Crippen LogP contribution in [0.25, 0.3) is 0 Å². The van der Waals surface area contributed by atoms with Gasteiger partial charge in [0.2, 0.25) is 0 Å². The number of hydrogen-bond acceptors (Lipinski definition) is 4. The maximum Gasteiger partial charge on any atom is 0.320 e. The minimum atomic E-state index is -0.783. The molecular weight excluding hydrogens is 294 g/mol. The number of likely N-dealkylation sites (tertiary alicyclic amines) is 1. The highest BCUT2D eigenvalue weighted by molar-refractivity contribution is 6.21. The lowest BCUT2D eigenvalue weighted by atomic mass is 10.1. The van der Waals surface area contributed by atoms with Crippen LogP contribution < -0.4 is 9.47 Å². The highest BCUT2D eigenvalue weighted by atomic mass is 35.5. The summed E-state index contributed by atoms with van der Waals surface area (Å²) in [5.41, 5.74) is 0.814. The number of carboxylic acids is 1. The number of benzene rings is 1. The summed E-state index contributed by atoms with van der Waals surface area (Å²) < 4.78 is 10.5. The molecule has 0 amide bonds. The third-order valence-corrected chi connectivity index (χ3v) is 4.19. The maximum atomic E-state index is 11.2. The molecule has 1 aromatic rings. The first-order valence-electron chi connectivity index (χ1n) is 6.89. The topological polar surface area (TPSA) is 59.0 Å². The van der Waals surface area contributed by atoms with Gasteiger partial charge in [-0.3, -0.25) is 9.69 Å². The molecule has 2 rings (SSSR count). The monoisotopic (exact) mass is 313 g/mol. The van der Waals surface area contributed by atoms with E-state index >= 15 is 0 Å². The van der Waals surface area contributed by atoms with Gasteiger partial charge in [0.1, 0.15) is 17.5 Å². The number of rotatable bonds is 6. The second kappa shape index (κ2) is 7.00. The van der Waals surface area contributed by atoms with Gasteiger partial charge in [0.15, 0.2) is 0 Å². The van der Waals surface area contributed by atoms with Crippen molar-refractivity contribution >= 4 is 17.6 Å². The van der Waals surface area contributed by atoms with E-state index in [1.54, 1.807) is 14.2 Å². The van der Waals surface area contributed by atoms with Crippen molar-refractivity contribution in [2.45, 2.75) is 24.3 Å². The van der Waals surface area contributed by atoms with Gasteiger partial charge < -0.3 is 14.6 Å². The second-order valence-electron chi connectivity index (χ2n) is 5.07. The SMILES string of the molecule is COc1ccc(OC)c(C(Cl)CN2CCCC2C(=O)O)c1. The minimum absolute atomic E-state index is 0.352. The first kappa shape index (κ1) is 15.9. The van der Waals surface area contributed by atoms with Crippen molar-refractivity contribution in [3.05, 3.63) is 23.8 Å². The second-order valence-corrected chi connectivity index (χ2v) is 5.59. The minimum Gasteiger partial charge on any atom is -0.497 e. The van der Waals surface area contributed by atoms with Crippen molar-refractivity contribution in [3.8, 4) is 11.5 Å². The fourth-order valence-electron chi connectivity index (χ4n) is 2.71. The van der Waals surface area contributed by atoms with E-state index in [0.717, 1.165) is 18.5 Å². The lowest BCUT2D eigenvalue weighted by Crippen LogP contribution is -2.37. The van der Waals surface area contributed by atoms with E-state index in [-0.39, 0.29) is 5.38 Å². The van der Waals surface area contributed by atoms with Gasteiger partial charge in [0.25, 0.3) is 0 Å². The molecule has 1 aliphatic heterocycles. The van der Waals surface area contributed by atoms with Gasteiger partial charge in [0, 0.05) is 12.1 Å². The standard InChI is InChI=1S/C15H20ClNO4/c1-20-10-5-6-14(21-2)11(8-10)12(16)9-17-7-3-4-13(17)15(18)19/h5-6,8,12-13H,3-4,7,9H2,1-2H3,(H,18,19). The first-order valence-corrected chi connectivity index (χ1v) is 7.33. The van der Waals surface area contributed by atoms with Gasteiger partial charge in [-0.25, -0.2) is 0 Å². The van der Waals surface area contributed by atoms with E-state index in [4.69, 9.17) is 21.1 Å². The van der Waals surface area contributed by atoms with Crippen LogP contribution >= 0.6 is 11.6 Å². The zero-order chi connectivity index (χ0) is 15.4. The van der Waals surface area contributed by atoms with E-state index in [2.05, 4.69) is 0 Å². The largest absolute Gasteiger partial charge is 0.497 e. The van der Waals surface area contributed by atoms with E-state index in [1.165, 1.54) is 0 Å². The number of carbonyl (C=O) groups is 1. The summed E-state index contributed by atoms with van der Waals surface area (Å²) in [6, 6.07) is 5.01. The van der Waals surface area contributed by atoms with Crippen LogP contribution in [0.3, 0.4) is 0 Å². The predicted octanol–water partition coefficient (Wildman–Crippen LogP) is 2.53. The highest BCUT2D eigenvalue weighted by Gasteiger charge is 2.32. The number of ether oxygens (including phenoxy) is 2. The molecule has 116 valence electrons. The van der Waals surface area contributed by atoms with Crippen molar-refractivity contribution < 1.29 is 19.4 Å². The van der Waals surface area contributed by atoms with Gasteiger partial charge in [0.05, 0.1) is 19.6 Å². The number of methoxy groups -OCH3 is 2. The summed E-state index contributed by atoms with van der Waals surface area (Å²) in [5.74, 6) is 0.600. The van der Waals surface area contributed by atoms with E-state index < -0.39 is 12.0 Å². The third-order valence-electron chi connectivity index (χ3n) is 3.82. The summed E-state index contributed by atoms with van der Waals surface area (Å²) >= 11 is 6.50. The molecule has 2 atom stereocenters. The molecule has 5 nitrogen and oxygen atoms in total. The third kappa shape index (κ3) is 3.60. The lowest BCUT2D eigenvalue weighted by molar-refractivity contribution is -0.142. The van der Waals surface area contributed by atoms with E-state index in [9.17, 15) is 9.90 Å². The highest BCUT2D eigenvalue weighted by Crippen LogP contribution is 2.34. The Morgan fingerprint density at radius 3 is 2.86 bits per heavy atom. The molecule has 1 fully saturated rings. The summed E-state index contributed by atoms with van der Waals surface area (Å²) in [7, 11) is 3.18. The Bertz CT molecular complexity index is 508. The Morgan fingerprint density at radius 2 is 2.24 bits per heavy atom. The first-order chi connectivity index (χ1) is 10.1. The van der Waals surface area contributed by atoms with Crippen LogP contribution in [0, 0.1) is 0 Å². The molecule has 21 heavy (non-hydrogen) atoms. The molecule has 1 aliphatic rings. The quantitative estimate of drug-likeness (QED) is 0.818. The molecule has 6 heteroatoms. The average molecular weight is 314 g/mol. The van der Waals surface area contributed by atoms with Crippen LogP contribution in [0.5, 0.6) is 11.5 Å². The van der Waals surface area contributed by atoms with Crippen molar-refractivity contribution in [3.63, 3.8) is 0 Å². The van der Waals surface area contributed by atoms with Crippen LogP contribution in [0.1, 0.15) is 23.8 Å². The molecular formula is C15H20ClNO4. The molecule has 0 aromatic heterocycles. The molecule has 0 saturated carbocycles. The Balaban J connectivity index is 2.15. The van der Waals surface area contributed by atoms with E-state index in [1.807, 2.05) is 23.1 Å². The van der Waals surface area contributed by atoms with Crippen LogP contribution in [-0.4, -0.2) is 49.3 Å². The normalized spacial score (nSPS) is 20.2. The smallest absolute Gasteiger partial charge is 0.320 e. The number of nitrogens with zero attached hydrogens (tertiary/aromatic N) is 1. The molecule has 2 unspecified atom stereocenters. The number of carboxylic acid groups (broad SMARTS) is 1. The zero-order valence-electron chi connectivity index (χ0n) is 12.2. The number of halogens is 1. The van der Waals surface area contributed by atoms with Crippen molar-refractivity contribution in [1.29, 1.82) is 0 Å².